The SMILES string of the molecule is O=C(NC1CCCCC1)C1CCN(c2ccc(-n3cncn3)nn2)CC1. The van der Waals surface area contributed by atoms with Crippen LogP contribution in [0.25, 0.3) is 5.82 Å². The molecule has 1 aliphatic heterocycles. The largest absolute Gasteiger partial charge is 0.355 e. The van der Waals surface area contributed by atoms with Gasteiger partial charge in [0.25, 0.3) is 0 Å². The Kier molecular flexibility index (Phi) is 5.08. The number of rotatable bonds is 4. The molecule has 0 aromatic carbocycles. The highest BCUT2D eigenvalue weighted by Crippen LogP contribution is 2.23. The molecule has 1 N–H and O–H groups in total. The summed E-state index contributed by atoms with van der Waals surface area (Å²) < 4.78 is 1.58. The summed E-state index contributed by atoms with van der Waals surface area (Å²) in [5.74, 6) is 1.85. The first-order chi connectivity index (χ1) is 12.8. The van der Waals surface area contributed by atoms with Crippen molar-refractivity contribution >= 4 is 11.7 Å². The lowest BCUT2D eigenvalue weighted by atomic mass is 9.92. The molecule has 0 atom stereocenters. The van der Waals surface area contributed by atoms with Gasteiger partial charge in [-0.05, 0) is 37.8 Å². The van der Waals surface area contributed by atoms with E-state index >= 15 is 0 Å². The molecule has 1 saturated carbocycles. The number of carbonyl (C=O) groups excluding carboxylic acids is 1. The topological polar surface area (TPSA) is 88.8 Å². The first-order valence-corrected chi connectivity index (χ1v) is 9.53. The smallest absolute Gasteiger partial charge is 0.223 e. The zero-order valence-corrected chi connectivity index (χ0v) is 14.9. The lowest BCUT2D eigenvalue weighted by Gasteiger charge is -2.33. The van der Waals surface area contributed by atoms with Crippen molar-refractivity contribution in [2.45, 2.75) is 51.0 Å². The van der Waals surface area contributed by atoms with E-state index in [2.05, 4.69) is 30.5 Å². The van der Waals surface area contributed by atoms with Crippen LogP contribution in [0.1, 0.15) is 44.9 Å². The maximum Gasteiger partial charge on any atom is 0.223 e. The van der Waals surface area contributed by atoms with Gasteiger partial charge < -0.3 is 10.2 Å². The molecule has 3 heterocycles. The van der Waals surface area contributed by atoms with Crippen molar-refractivity contribution in [2.75, 3.05) is 18.0 Å². The molecule has 8 nitrogen and oxygen atoms in total. The van der Waals surface area contributed by atoms with Crippen LogP contribution in [-0.2, 0) is 4.79 Å². The van der Waals surface area contributed by atoms with Gasteiger partial charge >= 0.3 is 0 Å². The highest BCUT2D eigenvalue weighted by atomic mass is 16.1. The molecule has 26 heavy (non-hydrogen) atoms. The number of piperidine rings is 1. The van der Waals surface area contributed by atoms with Crippen molar-refractivity contribution in [3.05, 3.63) is 24.8 Å². The molecule has 1 saturated heterocycles. The van der Waals surface area contributed by atoms with E-state index in [-0.39, 0.29) is 11.8 Å². The van der Waals surface area contributed by atoms with E-state index < -0.39 is 0 Å². The van der Waals surface area contributed by atoms with Crippen molar-refractivity contribution in [3.63, 3.8) is 0 Å². The number of hydrogen-bond donors (Lipinski definition) is 1. The van der Waals surface area contributed by atoms with Crippen molar-refractivity contribution in [1.82, 2.24) is 30.3 Å². The molecule has 2 aromatic heterocycles. The lowest BCUT2D eigenvalue weighted by Crippen LogP contribution is -2.44. The van der Waals surface area contributed by atoms with E-state index in [0.717, 1.165) is 44.6 Å². The zero-order valence-electron chi connectivity index (χ0n) is 14.9. The minimum absolute atomic E-state index is 0.121. The van der Waals surface area contributed by atoms with Gasteiger partial charge in [-0.2, -0.15) is 5.10 Å². The van der Waals surface area contributed by atoms with Crippen LogP contribution < -0.4 is 10.2 Å². The molecule has 1 aliphatic carbocycles. The fourth-order valence-corrected chi connectivity index (χ4v) is 3.87. The van der Waals surface area contributed by atoms with Gasteiger partial charge in [0.15, 0.2) is 11.6 Å². The summed E-state index contributed by atoms with van der Waals surface area (Å²) >= 11 is 0. The highest BCUT2D eigenvalue weighted by molar-refractivity contribution is 5.79. The summed E-state index contributed by atoms with van der Waals surface area (Å²) in [5.41, 5.74) is 0. The van der Waals surface area contributed by atoms with Crippen molar-refractivity contribution in [2.24, 2.45) is 5.92 Å². The Hall–Kier alpha value is -2.51. The molecule has 4 rings (SSSR count). The molecule has 0 spiro atoms. The predicted molar refractivity (Wildman–Crippen MR) is 96.9 cm³/mol. The van der Waals surface area contributed by atoms with E-state index in [4.69, 9.17) is 0 Å². The second-order valence-electron chi connectivity index (χ2n) is 7.19. The van der Waals surface area contributed by atoms with Crippen LogP contribution in [0.5, 0.6) is 0 Å². The Morgan fingerprint density at radius 1 is 1.00 bits per heavy atom. The first-order valence-electron chi connectivity index (χ1n) is 9.53. The van der Waals surface area contributed by atoms with Crippen LogP contribution in [0.4, 0.5) is 5.82 Å². The number of amides is 1. The summed E-state index contributed by atoms with van der Waals surface area (Å²) in [5, 5.41) is 15.8. The first kappa shape index (κ1) is 16.9. The van der Waals surface area contributed by atoms with Gasteiger partial charge in [-0.25, -0.2) is 9.67 Å². The van der Waals surface area contributed by atoms with E-state index in [1.165, 1.54) is 25.6 Å². The quantitative estimate of drug-likeness (QED) is 0.898. The molecule has 2 aliphatic rings. The number of nitrogens with one attached hydrogen (secondary N) is 1. The Morgan fingerprint density at radius 2 is 1.73 bits per heavy atom. The number of hydrogen-bond acceptors (Lipinski definition) is 6. The van der Waals surface area contributed by atoms with Gasteiger partial charge in [-0.1, -0.05) is 19.3 Å². The minimum Gasteiger partial charge on any atom is -0.355 e. The van der Waals surface area contributed by atoms with E-state index in [0.29, 0.717) is 11.9 Å². The molecule has 0 bridgehead atoms. The molecular weight excluding hydrogens is 330 g/mol. The fourth-order valence-electron chi connectivity index (χ4n) is 3.87. The molecular formula is C18H25N7O. The third-order valence-corrected chi connectivity index (χ3v) is 5.43. The third-order valence-electron chi connectivity index (χ3n) is 5.43. The lowest BCUT2D eigenvalue weighted by molar-refractivity contribution is -0.126. The van der Waals surface area contributed by atoms with Crippen LogP contribution in [-0.4, -0.2) is 50.0 Å². The molecule has 0 unspecified atom stereocenters. The summed E-state index contributed by atoms with van der Waals surface area (Å²) in [6.07, 6.45) is 10.9. The average Bonchev–Trinajstić information content (AvgIpc) is 3.24. The summed E-state index contributed by atoms with van der Waals surface area (Å²) in [7, 11) is 0. The third kappa shape index (κ3) is 3.84. The van der Waals surface area contributed by atoms with Crippen LogP contribution >= 0.6 is 0 Å². The number of carbonyl (C=O) groups is 1. The number of anilines is 1. The van der Waals surface area contributed by atoms with Gasteiger partial charge in [0, 0.05) is 25.0 Å². The second-order valence-corrected chi connectivity index (χ2v) is 7.19. The zero-order chi connectivity index (χ0) is 17.8. The van der Waals surface area contributed by atoms with Gasteiger partial charge in [-0.3, -0.25) is 4.79 Å². The van der Waals surface area contributed by atoms with E-state index in [1.54, 1.807) is 11.0 Å². The number of aromatic nitrogens is 5. The monoisotopic (exact) mass is 355 g/mol. The van der Waals surface area contributed by atoms with E-state index in [9.17, 15) is 4.79 Å². The molecule has 2 fully saturated rings. The number of nitrogens with zero attached hydrogens (tertiary/aromatic N) is 6. The van der Waals surface area contributed by atoms with Crippen LogP contribution in [0.3, 0.4) is 0 Å². The van der Waals surface area contributed by atoms with Gasteiger partial charge in [-0.15, -0.1) is 10.2 Å². The maximum atomic E-state index is 12.5. The second kappa shape index (κ2) is 7.80. The molecule has 2 aromatic rings. The van der Waals surface area contributed by atoms with Crippen molar-refractivity contribution in [3.8, 4) is 5.82 Å². The Balaban J connectivity index is 1.29. The Morgan fingerprint density at radius 3 is 2.38 bits per heavy atom. The Bertz CT molecular complexity index is 702. The van der Waals surface area contributed by atoms with Crippen LogP contribution in [0.15, 0.2) is 24.8 Å². The predicted octanol–water partition coefficient (Wildman–Crippen LogP) is 1.72. The average molecular weight is 355 g/mol. The van der Waals surface area contributed by atoms with Crippen molar-refractivity contribution in [1.29, 1.82) is 0 Å². The normalized spacial score (nSPS) is 19.5. The Labute approximate surface area is 153 Å². The summed E-state index contributed by atoms with van der Waals surface area (Å²) in [6.45, 7) is 1.67. The molecule has 0 radical (unpaired) electrons. The fraction of sp³-hybridized carbons (Fsp3) is 0.611. The van der Waals surface area contributed by atoms with E-state index in [1.807, 2.05) is 12.1 Å². The standard InChI is InChI=1S/C18H25N7O/c26-18(21-15-4-2-1-3-5-15)14-8-10-24(11-9-14)16-6-7-17(23-22-16)25-13-19-12-20-25/h6-7,12-15H,1-5,8-11H2,(H,21,26). The summed E-state index contributed by atoms with van der Waals surface area (Å²) in [6, 6.07) is 4.23. The van der Waals surface area contributed by atoms with Crippen LogP contribution in [0, 0.1) is 5.92 Å². The van der Waals surface area contributed by atoms with Crippen molar-refractivity contribution < 1.29 is 4.79 Å². The highest BCUT2D eigenvalue weighted by Gasteiger charge is 2.27. The van der Waals surface area contributed by atoms with Gasteiger partial charge in [0.2, 0.25) is 5.91 Å². The van der Waals surface area contributed by atoms with Gasteiger partial charge in [0.05, 0.1) is 0 Å². The maximum absolute atomic E-state index is 12.5. The summed E-state index contributed by atoms with van der Waals surface area (Å²) in [4.78, 5) is 18.6. The molecule has 1 amide bonds. The van der Waals surface area contributed by atoms with Gasteiger partial charge in [0.1, 0.15) is 12.7 Å². The molecule has 8 heteroatoms. The van der Waals surface area contributed by atoms with Crippen LogP contribution in [0.2, 0.25) is 0 Å². The molecule has 138 valence electrons. The minimum atomic E-state index is 0.121.